The van der Waals surface area contributed by atoms with Crippen molar-refractivity contribution in [1.29, 1.82) is 0 Å². The number of fused-ring (bicyclic) bond motifs is 1. The predicted molar refractivity (Wildman–Crippen MR) is 125 cm³/mol. The van der Waals surface area contributed by atoms with Gasteiger partial charge in [0.25, 0.3) is 11.8 Å². The van der Waals surface area contributed by atoms with Crippen molar-refractivity contribution in [2.24, 2.45) is 10.6 Å². The molecule has 2 amide bonds. The number of carbonyl (C=O) groups excluding carboxylic acids is 4. The van der Waals surface area contributed by atoms with Gasteiger partial charge < -0.3 is 37.8 Å². The lowest BCUT2D eigenvalue weighted by molar-refractivity contribution is -0.173. The van der Waals surface area contributed by atoms with Gasteiger partial charge in [0, 0.05) is 11.1 Å². The molecule has 0 aliphatic carbocycles. The van der Waals surface area contributed by atoms with Crippen LogP contribution in [0.2, 0.25) is 0 Å². The summed E-state index contributed by atoms with van der Waals surface area (Å²) in [6.45, 7) is 6.15. The van der Waals surface area contributed by atoms with Gasteiger partial charge in [-0.25, -0.2) is 9.78 Å². The number of hydrogen-bond donors (Lipinski definition) is 2. The minimum atomic E-state index is -0.898. The van der Waals surface area contributed by atoms with Gasteiger partial charge in [0.1, 0.15) is 29.9 Å². The van der Waals surface area contributed by atoms with E-state index in [2.05, 4.69) is 15.5 Å². The SMILES string of the molecule is CON=C(C(=O)NC1C(=O)N2C(C(=O)OCOC(=O)C(C)(C)C)=C(C)CSC12)c1csc(N)n1.[Cl-].[H+]. The van der Waals surface area contributed by atoms with Crippen LogP contribution in [0, 0.1) is 5.41 Å². The Morgan fingerprint density at radius 1 is 1.34 bits per heavy atom. The van der Waals surface area contributed by atoms with E-state index >= 15 is 0 Å². The summed E-state index contributed by atoms with van der Waals surface area (Å²) in [5.41, 5.74) is 5.67. The third-order valence-electron chi connectivity index (χ3n) is 4.79. The number of anilines is 1. The van der Waals surface area contributed by atoms with E-state index in [0.717, 1.165) is 11.3 Å². The molecule has 1 aromatic heterocycles. The average molecular weight is 548 g/mol. The summed E-state index contributed by atoms with van der Waals surface area (Å²) >= 11 is 2.52. The quantitative estimate of drug-likeness (QED) is 0.128. The van der Waals surface area contributed by atoms with Crippen molar-refractivity contribution in [3.8, 4) is 0 Å². The second-order valence-electron chi connectivity index (χ2n) is 8.41. The predicted octanol–water partition coefficient (Wildman–Crippen LogP) is -2.04. The third-order valence-corrected chi connectivity index (χ3v) is 6.89. The summed E-state index contributed by atoms with van der Waals surface area (Å²) < 4.78 is 10.0. The molecule has 0 saturated carbocycles. The number of thioether (sulfide) groups is 1. The number of hydrogen-bond acceptors (Lipinski definition) is 12. The number of nitrogens with zero attached hydrogens (tertiary/aromatic N) is 3. The standard InChI is InChI=1S/C20H25N5O7S2.ClH/c1-9-6-33-16-12(23-14(26)11(24-30-5)10-7-34-19(21)22-10)15(27)25(16)13(9)17(28)31-8-32-18(29)20(2,3)4;/h7,12,16H,6,8H2,1-5H3,(H2,21,22)(H,23,26);1H. The smallest absolute Gasteiger partial charge is 1.00 e. The van der Waals surface area contributed by atoms with Crippen molar-refractivity contribution in [3.63, 3.8) is 0 Å². The highest BCUT2D eigenvalue weighted by atomic mass is 35.5. The molecule has 3 heterocycles. The summed E-state index contributed by atoms with van der Waals surface area (Å²) in [5.74, 6) is -2.04. The number of nitrogen functional groups attached to an aromatic ring is 1. The van der Waals surface area contributed by atoms with Gasteiger partial charge in [0.15, 0.2) is 10.8 Å². The Balaban J connectivity index is 0.00000324. The maximum absolute atomic E-state index is 12.9. The molecule has 12 nitrogen and oxygen atoms in total. The Morgan fingerprint density at radius 3 is 2.60 bits per heavy atom. The Morgan fingerprint density at radius 2 is 2.03 bits per heavy atom. The fraction of sp³-hybridized carbons (Fsp3) is 0.500. The number of halogens is 1. The fourth-order valence-corrected chi connectivity index (χ4v) is 4.93. The second kappa shape index (κ2) is 11.3. The van der Waals surface area contributed by atoms with Crippen molar-refractivity contribution in [3.05, 3.63) is 22.3 Å². The first-order chi connectivity index (χ1) is 16.0. The minimum Gasteiger partial charge on any atom is -1.00 e. The van der Waals surface area contributed by atoms with Crippen LogP contribution in [0.25, 0.3) is 0 Å². The summed E-state index contributed by atoms with van der Waals surface area (Å²) in [5, 5.41) is 7.60. The molecule has 0 aromatic carbocycles. The highest BCUT2D eigenvalue weighted by Crippen LogP contribution is 2.40. The zero-order chi connectivity index (χ0) is 25.2. The molecule has 35 heavy (non-hydrogen) atoms. The number of aromatic nitrogens is 1. The molecule has 2 aliphatic rings. The summed E-state index contributed by atoms with van der Waals surface area (Å²) in [6.07, 6.45) is 0. The molecule has 2 unspecified atom stereocenters. The molecule has 0 bridgehead atoms. The van der Waals surface area contributed by atoms with Gasteiger partial charge in [-0.15, -0.1) is 23.1 Å². The van der Waals surface area contributed by atoms with E-state index in [9.17, 15) is 19.2 Å². The molecule has 1 fully saturated rings. The summed E-state index contributed by atoms with van der Waals surface area (Å²) in [4.78, 5) is 60.3. The molecule has 192 valence electrons. The van der Waals surface area contributed by atoms with Crippen LogP contribution in [0.4, 0.5) is 5.13 Å². The minimum absolute atomic E-state index is 0. The molecule has 3 N–H and O–H groups in total. The van der Waals surface area contributed by atoms with Crippen molar-refractivity contribution >= 4 is 57.7 Å². The van der Waals surface area contributed by atoms with Crippen LogP contribution < -0.4 is 23.5 Å². The van der Waals surface area contributed by atoms with Gasteiger partial charge in [-0.2, -0.15) is 0 Å². The number of rotatable bonds is 7. The highest BCUT2D eigenvalue weighted by Gasteiger charge is 2.54. The molecule has 2 aliphatic heterocycles. The average Bonchev–Trinajstić information content (AvgIpc) is 3.20. The van der Waals surface area contributed by atoms with Gasteiger partial charge in [0.05, 0.1) is 5.41 Å². The van der Waals surface area contributed by atoms with Crippen LogP contribution in [0.3, 0.4) is 0 Å². The fourth-order valence-electron chi connectivity index (χ4n) is 3.09. The van der Waals surface area contributed by atoms with E-state index in [0.29, 0.717) is 11.3 Å². The number of oxime groups is 1. The monoisotopic (exact) mass is 547 g/mol. The number of ether oxygens (including phenoxy) is 2. The van der Waals surface area contributed by atoms with Crippen LogP contribution in [0.1, 0.15) is 34.8 Å². The number of esters is 2. The Kier molecular flexibility index (Phi) is 9.14. The largest absolute Gasteiger partial charge is 1.00 e. The van der Waals surface area contributed by atoms with Crippen LogP contribution in [0.15, 0.2) is 21.8 Å². The zero-order valence-corrected chi connectivity index (χ0v) is 22.0. The second-order valence-corrected chi connectivity index (χ2v) is 10.4. The molecule has 0 spiro atoms. The number of nitrogens with two attached hydrogens (primary N) is 1. The lowest BCUT2D eigenvalue weighted by atomic mass is 9.98. The van der Waals surface area contributed by atoms with Crippen LogP contribution >= 0.6 is 23.1 Å². The summed E-state index contributed by atoms with van der Waals surface area (Å²) in [6, 6.07) is -0.898. The number of thiazole rings is 1. The van der Waals surface area contributed by atoms with E-state index in [-0.39, 0.29) is 36.1 Å². The van der Waals surface area contributed by atoms with E-state index < -0.39 is 47.4 Å². The maximum Gasteiger partial charge on any atom is 1.00 e. The maximum atomic E-state index is 12.9. The lowest BCUT2D eigenvalue weighted by Gasteiger charge is -2.49. The first-order valence-corrected chi connectivity index (χ1v) is 12.0. The van der Waals surface area contributed by atoms with Crippen molar-refractivity contribution in [2.75, 3.05) is 25.4 Å². The van der Waals surface area contributed by atoms with Crippen molar-refractivity contribution in [1.82, 2.24) is 15.2 Å². The van der Waals surface area contributed by atoms with Crippen molar-refractivity contribution in [2.45, 2.75) is 39.1 Å². The molecule has 1 aromatic rings. The molecule has 1 saturated heterocycles. The van der Waals surface area contributed by atoms with E-state index in [1.54, 1.807) is 33.1 Å². The molecular weight excluding hydrogens is 522 g/mol. The molecule has 15 heteroatoms. The van der Waals surface area contributed by atoms with Crippen LogP contribution in [-0.2, 0) is 33.5 Å². The van der Waals surface area contributed by atoms with Crippen molar-refractivity contribution < 1.29 is 47.3 Å². The number of amides is 2. The Hall–Kier alpha value is -2.84. The lowest BCUT2D eigenvalue weighted by Crippen LogP contribution is -3.00. The van der Waals surface area contributed by atoms with E-state index in [4.69, 9.17) is 20.0 Å². The first-order valence-electron chi connectivity index (χ1n) is 10.1. The van der Waals surface area contributed by atoms with E-state index in [1.807, 2.05) is 0 Å². The van der Waals surface area contributed by atoms with E-state index in [1.165, 1.54) is 23.8 Å². The zero-order valence-electron chi connectivity index (χ0n) is 20.6. The van der Waals surface area contributed by atoms with Crippen LogP contribution in [-0.4, -0.2) is 70.4 Å². The van der Waals surface area contributed by atoms with Gasteiger partial charge in [-0.05, 0) is 33.3 Å². The molecule has 2 atom stereocenters. The number of carbonyl (C=O) groups is 4. The third kappa shape index (κ3) is 6.05. The van der Waals surface area contributed by atoms with Gasteiger partial charge in [-0.3, -0.25) is 19.3 Å². The van der Waals surface area contributed by atoms with Gasteiger partial charge in [-0.1, -0.05) is 5.16 Å². The highest BCUT2D eigenvalue weighted by molar-refractivity contribution is 8.00. The first kappa shape index (κ1) is 28.4. The number of β-lactam (4-membered cyclic amide) rings is 1. The molecule has 3 rings (SSSR count). The summed E-state index contributed by atoms with van der Waals surface area (Å²) in [7, 11) is 1.28. The molecular formula is C20H26ClN5O7S2. The van der Waals surface area contributed by atoms with Gasteiger partial charge >= 0.3 is 13.4 Å². The number of nitrogens with one attached hydrogen (secondary N) is 1. The normalized spacial score (nSPS) is 19.7. The molecule has 0 radical (unpaired) electrons. The van der Waals surface area contributed by atoms with Gasteiger partial charge in [0.2, 0.25) is 6.79 Å². The topological polar surface area (TPSA) is 163 Å². The Bertz CT molecular complexity index is 1090. The van der Waals surface area contributed by atoms with Crippen LogP contribution in [0.5, 0.6) is 0 Å². The Labute approximate surface area is 217 Å².